The van der Waals surface area contributed by atoms with Crippen LogP contribution in [-0.2, 0) is 10.4 Å². The highest BCUT2D eigenvalue weighted by atomic mass is 32.1. The van der Waals surface area contributed by atoms with Crippen molar-refractivity contribution in [3.8, 4) is 0 Å². The Hall–Kier alpha value is -2.72. The number of rotatable bonds is 4. The van der Waals surface area contributed by atoms with Gasteiger partial charge in [0.2, 0.25) is 11.5 Å². The zero-order chi connectivity index (χ0) is 19.8. The molecule has 2 heterocycles. The largest absolute Gasteiger partial charge is 0.424 e. The van der Waals surface area contributed by atoms with E-state index >= 15 is 0 Å². The number of nitrogens with one attached hydrogen (secondary N) is 1. The predicted molar refractivity (Wildman–Crippen MR) is 92.5 cm³/mol. The molecule has 1 unspecified atom stereocenters. The van der Waals surface area contributed by atoms with Crippen molar-refractivity contribution < 1.29 is 27.5 Å². The fraction of sp³-hybridized carbons (Fsp3) is 0.235. The second-order valence-corrected chi connectivity index (χ2v) is 6.74. The molecule has 1 amide bonds. The number of carbonyl (C=O) groups excluding carboxylic acids is 1. The molecule has 0 aliphatic heterocycles. The number of aliphatic hydroxyl groups is 1. The summed E-state index contributed by atoms with van der Waals surface area (Å²) in [4.78, 5) is 27.0. The van der Waals surface area contributed by atoms with E-state index in [2.05, 4.69) is 10.3 Å². The lowest BCUT2D eigenvalue weighted by Crippen LogP contribution is -2.45. The molecule has 0 aliphatic carbocycles. The Balaban J connectivity index is 1.84. The number of aryl methyl sites for hydroxylation is 1. The standard InChI is InChI=1S/C17H13F3N2O4S/c1-9-8-27-15(21-9)16(25,17(18,19)20)7-13(23)22-11-3-4-12-10(6-11)2-5-14(24)26-12/h2-6,8,25H,7H2,1H3,(H,22,23). The van der Waals surface area contributed by atoms with Crippen LogP contribution in [0.15, 0.2) is 44.9 Å². The number of fused-ring (bicyclic) bond motifs is 1. The quantitative estimate of drug-likeness (QED) is 0.658. The summed E-state index contributed by atoms with van der Waals surface area (Å²) in [5.41, 5.74) is -3.16. The van der Waals surface area contributed by atoms with Crippen LogP contribution in [0.25, 0.3) is 11.0 Å². The van der Waals surface area contributed by atoms with Gasteiger partial charge in [-0.15, -0.1) is 11.3 Å². The minimum atomic E-state index is -5.08. The van der Waals surface area contributed by atoms with Gasteiger partial charge in [0.1, 0.15) is 10.6 Å². The van der Waals surface area contributed by atoms with E-state index in [0.717, 1.165) is 0 Å². The topological polar surface area (TPSA) is 92.4 Å². The molecule has 0 saturated heterocycles. The molecule has 0 fully saturated rings. The molecule has 1 aromatic carbocycles. The average Bonchev–Trinajstić information content (AvgIpc) is 3.01. The van der Waals surface area contributed by atoms with Gasteiger partial charge in [-0.3, -0.25) is 4.79 Å². The number of aromatic nitrogens is 1. The molecular weight excluding hydrogens is 385 g/mol. The van der Waals surface area contributed by atoms with Crippen LogP contribution < -0.4 is 10.9 Å². The fourth-order valence-corrected chi connectivity index (χ4v) is 3.34. The van der Waals surface area contributed by atoms with Gasteiger partial charge in [0, 0.05) is 28.2 Å². The first-order chi connectivity index (χ1) is 12.6. The Morgan fingerprint density at radius 1 is 1.30 bits per heavy atom. The Morgan fingerprint density at radius 2 is 2.04 bits per heavy atom. The highest BCUT2D eigenvalue weighted by molar-refractivity contribution is 7.09. The Bertz CT molecular complexity index is 1060. The number of benzene rings is 1. The van der Waals surface area contributed by atoms with E-state index in [1.54, 1.807) is 0 Å². The van der Waals surface area contributed by atoms with Crippen LogP contribution in [0.3, 0.4) is 0 Å². The molecule has 142 valence electrons. The number of hydrogen-bond acceptors (Lipinski definition) is 6. The molecule has 0 spiro atoms. The smallest absolute Gasteiger partial charge is 0.423 e. The average molecular weight is 398 g/mol. The third-order valence-electron chi connectivity index (χ3n) is 3.76. The summed E-state index contributed by atoms with van der Waals surface area (Å²) in [6, 6.07) is 6.87. The van der Waals surface area contributed by atoms with Gasteiger partial charge in [-0.1, -0.05) is 0 Å². The molecule has 6 nitrogen and oxygen atoms in total. The Kier molecular flexibility index (Phi) is 4.79. The van der Waals surface area contributed by atoms with Gasteiger partial charge in [-0.2, -0.15) is 13.2 Å². The van der Waals surface area contributed by atoms with Crippen molar-refractivity contribution in [1.82, 2.24) is 4.98 Å². The zero-order valence-electron chi connectivity index (χ0n) is 13.8. The first-order valence-electron chi connectivity index (χ1n) is 7.64. The number of nitrogens with zero attached hydrogens (tertiary/aromatic N) is 1. The van der Waals surface area contributed by atoms with Crippen LogP contribution in [0.1, 0.15) is 17.1 Å². The van der Waals surface area contributed by atoms with Gasteiger partial charge in [0.25, 0.3) is 0 Å². The first-order valence-corrected chi connectivity index (χ1v) is 8.52. The summed E-state index contributed by atoms with van der Waals surface area (Å²) in [6.07, 6.45) is -6.33. The minimum Gasteiger partial charge on any atom is -0.423 e. The van der Waals surface area contributed by atoms with Crippen molar-refractivity contribution in [1.29, 1.82) is 0 Å². The predicted octanol–water partition coefficient (Wildman–Crippen LogP) is 3.34. The number of thiazole rings is 1. The molecule has 1 atom stereocenters. The summed E-state index contributed by atoms with van der Waals surface area (Å²) in [5, 5.41) is 13.8. The second-order valence-electron chi connectivity index (χ2n) is 5.88. The van der Waals surface area contributed by atoms with E-state index in [1.807, 2.05) is 0 Å². The number of hydrogen-bond donors (Lipinski definition) is 2. The summed E-state index contributed by atoms with van der Waals surface area (Å²) in [6.45, 7) is 1.49. The van der Waals surface area contributed by atoms with Gasteiger partial charge in [-0.05, 0) is 31.2 Å². The highest BCUT2D eigenvalue weighted by Crippen LogP contribution is 2.43. The lowest BCUT2D eigenvalue weighted by Gasteiger charge is -2.27. The minimum absolute atomic E-state index is 0.196. The van der Waals surface area contributed by atoms with Gasteiger partial charge in [0.15, 0.2) is 0 Å². The molecule has 0 saturated carbocycles. The van der Waals surface area contributed by atoms with E-state index in [1.165, 1.54) is 42.6 Å². The van der Waals surface area contributed by atoms with Crippen LogP contribution in [0, 0.1) is 6.92 Å². The molecule has 3 rings (SSSR count). The van der Waals surface area contributed by atoms with Crippen molar-refractivity contribution in [2.45, 2.75) is 25.1 Å². The molecule has 2 aromatic heterocycles. The molecule has 0 bridgehead atoms. The number of amides is 1. The monoisotopic (exact) mass is 398 g/mol. The maximum absolute atomic E-state index is 13.4. The normalized spacial score (nSPS) is 14.1. The van der Waals surface area contributed by atoms with E-state index in [9.17, 15) is 27.9 Å². The lowest BCUT2D eigenvalue weighted by atomic mass is 9.99. The number of alkyl halides is 3. The SMILES string of the molecule is Cc1csc(C(O)(CC(=O)Nc2ccc3oc(=O)ccc3c2)C(F)(F)F)n1. The highest BCUT2D eigenvalue weighted by Gasteiger charge is 2.58. The van der Waals surface area contributed by atoms with E-state index in [4.69, 9.17) is 4.42 Å². The van der Waals surface area contributed by atoms with Crippen molar-refractivity contribution in [3.63, 3.8) is 0 Å². The molecule has 27 heavy (non-hydrogen) atoms. The molecule has 0 radical (unpaired) electrons. The molecule has 0 aliphatic rings. The summed E-state index contributed by atoms with van der Waals surface area (Å²) in [5.74, 6) is -1.04. The van der Waals surface area contributed by atoms with Crippen LogP contribution in [0.4, 0.5) is 18.9 Å². The molecule has 3 aromatic rings. The van der Waals surface area contributed by atoms with Crippen molar-refractivity contribution in [2.24, 2.45) is 0 Å². The van der Waals surface area contributed by atoms with Crippen LogP contribution in [-0.4, -0.2) is 22.2 Å². The number of halogens is 3. The van der Waals surface area contributed by atoms with Crippen molar-refractivity contribution in [3.05, 3.63) is 56.8 Å². The Morgan fingerprint density at radius 3 is 2.67 bits per heavy atom. The first kappa shape index (κ1) is 19.1. The summed E-state index contributed by atoms with van der Waals surface area (Å²) < 4.78 is 45.3. The summed E-state index contributed by atoms with van der Waals surface area (Å²) in [7, 11) is 0. The van der Waals surface area contributed by atoms with Crippen molar-refractivity contribution >= 4 is 33.9 Å². The van der Waals surface area contributed by atoms with E-state index in [0.29, 0.717) is 22.4 Å². The second kappa shape index (κ2) is 6.78. The number of anilines is 1. The van der Waals surface area contributed by atoms with Gasteiger partial charge < -0.3 is 14.8 Å². The van der Waals surface area contributed by atoms with Gasteiger partial charge in [-0.25, -0.2) is 9.78 Å². The lowest BCUT2D eigenvalue weighted by molar-refractivity contribution is -0.266. The van der Waals surface area contributed by atoms with Crippen LogP contribution >= 0.6 is 11.3 Å². The van der Waals surface area contributed by atoms with Gasteiger partial charge >= 0.3 is 11.8 Å². The van der Waals surface area contributed by atoms with Gasteiger partial charge in [0.05, 0.1) is 6.42 Å². The third-order valence-corrected chi connectivity index (χ3v) is 4.87. The third kappa shape index (κ3) is 3.86. The maximum atomic E-state index is 13.4. The maximum Gasteiger partial charge on any atom is 0.424 e. The van der Waals surface area contributed by atoms with Crippen LogP contribution in [0.2, 0.25) is 0 Å². The fourth-order valence-electron chi connectivity index (χ4n) is 2.43. The molecule has 10 heteroatoms. The van der Waals surface area contributed by atoms with Crippen molar-refractivity contribution in [2.75, 3.05) is 5.32 Å². The summed E-state index contributed by atoms with van der Waals surface area (Å²) >= 11 is 0.632. The van der Waals surface area contributed by atoms with E-state index in [-0.39, 0.29) is 11.3 Å². The molecular formula is C17H13F3N2O4S. The zero-order valence-corrected chi connectivity index (χ0v) is 14.6. The number of carbonyl (C=O) groups is 1. The van der Waals surface area contributed by atoms with Crippen LogP contribution in [0.5, 0.6) is 0 Å². The van der Waals surface area contributed by atoms with E-state index < -0.39 is 34.7 Å². The Labute approximate surface area is 154 Å². The molecule has 2 N–H and O–H groups in total.